The summed E-state index contributed by atoms with van der Waals surface area (Å²) in [5, 5.41) is 0. The molecule has 0 saturated heterocycles. The van der Waals surface area contributed by atoms with Crippen LogP contribution in [-0.2, 0) is 0 Å². The Morgan fingerprint density at radius 2 is 2.00 bits per heavy atom. The van der Waals surface area contributed by atoms with Gasteiger partial charge >= 0.3 is 6.03 Å². The summed E-state index contributed by atoms with van der Waals surface area (Å²) in [6.07, 6.45) is 0. The fourth-order valence-corrected chi connectivity index (χ4v) is 0.244. The van der Waals surface area contributed by atoms with Crippen molar-refractivity contribution in [2.24, 2.45) is 0 Å². The molecule has 0 unspecified atom stereocenters. The van der Waals surface area contributed by atoms with Gasteiger partial charge < -0.3 is 4.90 Å². The van der Waals surface area contributed by atoms with Crippen molar-refractivity contribution < 1.29 is 14.2 Å². The first-order valence-corrected chi connectivity index (χ1v) is 2.08. The average molecular weight is 118 g/mol. The fraction of sp³-hybridized carbons (Fsp3) is 0.667. The van der Waals surface area contributed by atoms with E-state index in [0.29, 0.717) is 0 Å². The first-order valence-electron chi connectivity index (χ1n) is 2.08. The minimum Gasteiger partial charge on any atom is -0.325 e. The van der Waals surface area contributed by atoms with Crippen molar-refractivity contribution in [3.8, 4) is 0 Å². The van der Waals surface area contributed by atoms with Crippen LogP contribution in [0.15, 0.2) is 9.36 Å². The van der Waals surface area contributed by atoms with Crippen molar-refractivity contribution in [3.63, 3.8) is 0 Å². The number of amides is 1. The molecule has 1 aromatic rings. The molecule has 0 aliphatic rings. The second-order valence-electron chi connectivity index (χ2n) is 1.58. The largest absolute Gasteiger partial charge is 0.399 e. The van der Waals surface area contributed by atoms with E-state index in [1.54, 1.807) is 14.1 Å². The highest BCUT2D eigenvalue weighted by Gasteiger charge is 2.15. The van der Waals surface area contributed by atoms with E-state index in [9.17, 15) is 4.79 Å². The van der Waals surface area contributed by atoms with Crippen LogP contribution in [-0.4, -0.2) is 29.9 Å². The lowest BCUT2D eigenvalue weighted by Gasteiger charge is -1.99. The van der Waals surface area contributed by atoms with Crippen molar-refractivity contribution in [1.29, 1.82) is 0 Å². The van der Waals surface area contributed by atoms with E-state index in [1.807, 2.05) is 0 Å². The van der Waals surface area contributed by atoms with Crippen molar-refractivity contribution >= 4 is 6.03 Å². The Morgan fingerprint density at radius 1 is 1.50 bits per heavy atom. The normalized spacial score (nSPS) is 9.75. The van der Waals surface area contributed by atoms with Gasteiger partial charge in [-0.05, 0) is 0 Å². The summed E-state index contributed by atoms with van der Waals surface area (Å²) in [4.78, 5) is 12.6. The second-order valence-corrected chi connectivity index (χ2v) is 1.58. The molecule has 0 radical (unpaired) electrons. The van der Waals surface area contributed by atoms with E-state index in [2.05, 4.69) is 9.36 Å². The van der Waals surface area contributed by atoms with Crippen LogP contribution in [0.1, 0.15) is 0 Å². The molecule has 0 aromatic carbocycles. The maximum Gasteiger partial charge on any atom is 0.399 e. The number of carbonyl (C=O) groups is 1. The van der Waals surface area contributed by atoms with Gasteiger partial charge in [0.2, 0.25) is 0 Å². The zero-order valence-electron chi connectivity index (χ0n) is 4.62. The minimum absolute atomic E-state index is 0.315. The molecule has 0 spiro atoms. The van der Waals surface area contributed by atoms with Crippen LogP contribution in [0, 0.1) is 0 Å². The highest BCUT2D eigenvalue weighted by molar-refractivity contribution is 5.73. The van der Waals surface area contributed by atoms with E-state index in [1.165, 1.54) is 4.90 Å². The van der Waals surface area contributed by atoms with Crippen LogP contribution in [0.3, 0.4) is 0 Å². The Labute approximate surface area is 45.3 Å². The zero-order valence-corrected chi connectivity index (χ0v) is 4.62. The molecule has 1 aromatic heterocycles. The smallest absolute Gasteiger partial charge is 0.325 e. The van der Waals surface area contributed by atoms with E-state index >= 15 is 0 Å². The van der Waals surface area contributed by atoms with Gasteiger partial charge in [-0.2, -0.15) is 0 Å². The van der Waals surface area contributed by atoms with Gasteiger partial charge in [-0.3, -0.25) is 0 Å². The lowest BCUT2D eigenvalue weighted by molar-refractivity contribution is 0.210. The maximum atomic E-state index is 10.5. The van der Waals surface area contributed by atoms with Crippen LogP contribution in [0.4, 0.5) is 4.79 Å². The summed E-state index contributed by atoms with van der Waals surface area (Å²) in [5.74, 6) is 0. The molecule has 46 valence electrons. The van der Waals surface area contributed by atoms with E-state index in [-0.39, 0.29) is 6.03 Å². The van der Waals surface area contributed by atoms with Gasteiger partial charge in [0.15, 0.2) is 0 Å². The third-order valence-corrected chi connectivity index (χ3v) is 0.688. The molecule has 0 saturated carbocycles. The van der Waals surface area contributed by atoms with Crippen LogP contribution >= 0.6 is 0 Å². The SMILES string of the molecule is CN(C)C(=O)n1oo1. The van der Waals surface area contributed by atoms with Gasteiger partial charge in [0.25, 0.3) is 0 Å². The van der Waals surface area contributed by atoms with Crippen molar-refractivity contribution in [2.45, 2.75) is 0 Å². The Balaban J connectivity index is 2.51. The molecule has 1 amide bonds. The molecule has 0 bridgehead atoms. The predicted molar refractivity (Wildman–Crippen MR) is 23.4 cm³/mol. The number of hydrogen-bond donors (Lipinski definition) is 0. The number of aromatic nitrogens is 1. The molecule has 5 nitrogen and oxygen atoms in total. The lowest BCUT2D eigenvalue weighted by atomic mass is 10.9. The number of rotatable bonds is 0. The molecule has 0 fully saturated rings. The van der Waals surface area contributed by atoms with Crippen molar-refractivity contribution in [2.75, 3.05) is 14.1 Å². The Morgan fingerprint density at radius 3 is 2.12 bits per heavy atom. The molecule has 1 heterocycles. The summed E-state index contributed by atoms with van der Waals surface area (Å²) < 4.78 is 8.15. The third-order valence-electron chi connectivity index (χ3n) is 0.688. The Kier molecular flexibility index (Phi) is 0.896. The molecule has 1 rings (SSSR count). The summed E-state index contributed by atoms with van der Waals surface area (Å²) in [6.45, 7) is 0. The summed E-state index contributed by atoms with van der Waals surface area (Å²) in [7, 11) is 3.21. The average Bonchev–Trinajstić information content (AvgIpc) is 2.43. The zero-order chi connectivity index (χ0) is 6.15. The van der Waals surface area contributed by atoms with Crippen LogP contribution in [0.25, 0.3) is 0 Å². The van der Waals surface area contributed by atoms with Crippen LogP contribution in [0.2, 0.25) is 0 Å². The molecule has 0 atom stereocenters. The summed E-state index contributed by atoms with van der Waals surface area (Å²) in [6, 6.07) is -0.315. The first-order chi connectivity index (χ1) is 3.72. The lowest BCUT2D eigenvalue weighted by Crippen LogP contribution is -2.22. The first kappa shape index (κ1) is 5.02. The molecular weight excluding hydrogens is 112 g/mol. The van der Waals surface area contributed by atoms with Crippen molar-refractivity contribution in [1.82, 2.24) is 9.81 Å². The van der Waals surface area contributed by atoms with Gasteiger partial charge in [-0.15, -0.1) is 9.36 Å². The topological polar surface area (TPSA) is 51.5 Å². The highest BCUT2D eigenvalue weighted by atomic mass is 17.3. The number of carbonyl (C=O) groups excluding carboxylic acids is 1. The van der Waals surface area contributed by atoms with E-state index in [0.717, 1.165) is 4.91 Å². The van der Waals surface area contributed by atoms with Crippen molar-refractivity contribution in [3.05, 3.63) is 0 Å². The third kappa shape index (κ3) is 0.749. The summed E-state index contributed by atoms with van der Waals surface area (Å²) >= 11 is 0. The van der Waals surface area contributed by atoms with Gasteiger partial charge in [0, 0.05) is 14.1 Å². The fourth-order valence-electron chi connectivity index (χ4n) is 0.244. The highest BCUT2D eigenvalue weighted by Crippen LogP contribution is 1.94. The van der Waals surface area contributed by atoms with Gasteiger partial charge in [-0.1, -0.05) is 0 Å². The standard InChI is InChI=1S/C3H6N2O3/c1-4(2)3(6)5-7-8-5/h1-2H3. The summed E-state index contributed by atoms with van der Waals surface area (Å²) in [5.41, 5.74) is 0. The van der Waals surface area contributed by atoms with E-state index < -0.39 is 0 Å². The van der Waals surface area contributed by atoms with Gasteiger partial charge in [0.1, 0.15) is 4.91 Å². The monoisotopic (exact) mass is 118 g/mol. The number of nitrogens with zero attached hydrogens (tertiary/aromatic N) is 2. The molecule has 0 N–H and O–H groups in total. The van der Waals surface area contributed by atoms with E-state index in [4.69, 9.17) is 0 Å². The molecule has 0 aliphatic heterocycles. The minimum atomic E-state index is -0.315. The van der Waals surface area contributed by atoms with Gasteiger partial charge in [0.05, 0.1) is 0 Å². The maximum absolute atomic E-state index is 10.5. The molecule has 0 aliphatic carbocycles. The molecular formula is C3H6N2O3. The van der Waals surface area contributed by atoms with Gasteiger partial charge in [-0.25, -0.2) is 4.79 Å². The van der Waals surface area contributed by atoms with Crippen LogP contribution < -0.4 is 0 Å². The Bertz CT molecular complexity index is 162. The Hall–Kier alpha value is -1.13. The second kappa shape index (κ2) is 1.43. The van der Waals surface area contributed by atoms with Crippen LogP contribution in [0.5, 0.6) is 0 Å². The molecule has 5 heteroatoms. The molecule has 8 heavy (non-hydrogen) atoms. The quantitative estimate of drug-likeness (QED) is 0.457. The number of hydrogen-bond acceptors (Lipinski definition) is 3. The predicted octanol–water partition coefficient (Wildman–Crippen LogP) is 0.204.